The number of carbonyl (C=O) groups excluding carboxylic acids is 1. The maximum atomic E-state index is 12.6. The summed E-state index contributed by atoms with van der Waals surface area (Å²) in [6.45, 7) is 0.848. The van der Waals surface area contributed by atoms with Gasteiger partial charge < -0.3 is 9.64 Å². The first-order valence-electron chi connectivity index (χ1n) is 7.92. The summed E-state index contributed by atoms with van der Waals surface area (Å²) in [5.74, 6) is 0.215. The minimum absolute atomic E-state index is 0.0467. The van der Waals surface area contributed by atoms with Gasteiger partial charge in [-0.05, 0) is 18.9 Å². The van der Waals surface area contributed by atoms with Gasteiger partial charge in [-0.3, -0.25) is 4.79 Å². The lowest BCUT2D eigenvalue weighted by molar-refractivity contribution is -0.145. The van der Waals surface area contributed by atoms with Gasteiger partial charge in [-0.2, -0.15) is 13.2 Å². The molecule has 0 bridgehead atoms. The van der Waals surface area contributed by atoms with Crippen molar-refractivity contribution in [3.8, 4) is 5.88 Å². The second-order valence-electron chi connectivity index (χ2n) is 6.20. The van der Waals surface area contributed by atoms with E-state index in [4.69, 9.17) is 4.74 Å². The summed E-state index contributed by atoms with van der Waals surface area (Å²) in [5, 5.41) is 0. The Morgan fingerprint density at radius 2 is 1.91 bits per heavy atom. The lowest BCUT2D eigenvalue weighted by Crippen LogP contribution is -2.57. The number of amides is 1. The second kappa shape index (κ2) is 6.37. The standard InChI is InChI=1S/C16H19F3N2O2/c17-16(18,19)12-6-7-20-14(8-12)23-13-9-21(10-13)15(22)11-4-2-1-3-5-11/h6-8,11,13H,1-5,9-10H2. The molecule has 1 aromatic heterocycles. The topological polar surface area (TPSA) is 42.4 Å². The summed E-state index contributed by atoms with van der Waals surface area (Å²) in [6, 6.07) is 1.80. The molecule has 2 aliphatic rings. The number of halogens is 3. The summed E-state index contributed by atoms with van der Waals surface area (Å²) in [6.07, 6.45) is 1.66. The van der Waals surface area contributed by atoms with E-state index >= 15 is 0 Å². The van der Waals surface area contributed by atoms with Crippen LogP contribution in [0, 0.1) is 5.92 Å². The van der Waals surface area contributed by atoms with Crippen LogP contribution in [0.15, 0.2) is 18.3 Å². The fourth-order valence-corrected chi connectivity index (χ4v) is 3.12. The number of hydrogen-bond acceptors (Lipinski definition) is 3. The van der Waals surface area contributed by atoms with E-state index in [1.54, 1.807) is 4.90 Å². The van der Waals surface area contributed by atoms with Gasteiger partial charge in [-0.1, -0.05) is 19.3 Å². The Labute approximate surface area is 132 Å². The van der Waals surface area contributed by atoms with Gasteiger partial charge in [0.15, 0.2) is 0 Å². The van der Waals surface area contributed by atoms with E-state index in [1.807, 2.05) is 0 Å². The van der Waals surface area contributed by atoms with Crippen LogP contribution in [0.4, 0.5) is 13.2 Å². The van der Waals surface area contributed by atoms with Crippen LogP contribution in [-0.4, -0.2) is 35.0 Å². The number of alkyl halides is 3. The van der Waals surface area contributed by atoms with Crippen LogP contribution in [0.2, 0.25) is 0 Å². The first-order valence-corrected chi connectivity index (χ1v) is 7.92. The van der Waals surface area contributed by atoms with E-state index in [-0.39, 0.29) is 23.8 Å². The molecular weight excluding hydrogens is 309 g/mol. The summed E-state index contributed by atoms with van der Waals surface area (Å²) in [7, 11) is 0. The van der Waals surface area contributed by atoms with E-state index in [0.29, 0.717) is 13.1 Å². The van der Waals surface area contributed by atoms with Gasteiger partial charge in [-0.15, -0.1) is 0 Å². The van der Waals surface area contributed by atoms with Gasteiger partial charge in [0.2, 0.25) is 11.8 Å². The number of carbonyl (C=O) groups is 1. The molecule has 4 nitrogen and oxygen atoms in total. The maximum absolute atomic E-state index is 12.6. The minimum Gasteiger partial charge on any atom is -0.471 e. The lowest BCUT2D eigenvalue weighted by Gasteiger charge is -2.41. The Balaban J connectivity index is 1.51. The first-order chi connectivity index (χ1) is 10.9. The number of likely N-dealkylation sites (tertiary alicyclic amines) is 1. The molecule has 3 rings (SSSR count). The summed E-state index contributed by atoms with van der Waals surface area (Å²) in [4.78, 5) is 17.8. The number of hydrogen-bond donors (Lipinski definition) is 0. The van der Waals surface area contributed by atoms with Crippen LogP contribution in [0.5, 0.6) is 5.88 Å². The highest BCUT2D eigenvalue weighted by atomic mass is 19.4. The van der Waals surface area contributed by atoms with Crippen molar-refractivity contribution in [2.45, 2.75) is 44.4 Å². The van der Waals surface area contributed by atoms with Crippen LogP contribution in [0.25, 0.3) is 0 Å². The van der Waals surface area contributed by atoms with Crippen molar-refractivity contribution < 1.29 is 22.7 Å². The molecule has 2 heterocycles. The molecule has 1 aromatic rings. The molecule has 1 saturated heterocycles. The van der Waals surface area contributed by atoms with Gasteiger partial charge >= 0.3 is 6.18 Å². The highest BCUT2D eigenvalue weighted by molar-refractivity contribution is 5.79. The maximum Gasteiger partial charge on any atom is 0.416 e. The fourth-order valence-electron chi connectivity index (χ4n) is 3.12. The molecule has 1 aliphatic heterocycles. The van der Waals surface area contributed by atoms with Crippen molar-refractivity contribution >= 4 is 5.91 Å². The lowest BCUT2D eigenvalue weighted by atomic mass is 9.87. The Morgan fingerprint density at radius 1 is 1.22 bits per heavy atom. The van der Waals surface area contributed by atoms with Gasteiger partial charge in [0, 0.05) is 18.2 Å². The molecule has 2 fully saturated rings. The molecule has 7 heteroatoms. The first kappa shape index (κ1) is 16.1. The molecule has 0 unspecified atom stereocenters. The van der Waals surface area contributed by atoms with E-state index < -0.39 is 11.7 Å². The molecule has 0 aromatic carbocycles. The Bertz CT molecular complexity index is 565. The normalized spacial score (nSPS) is 20.2. The van der Waals surface area contributed by atoms with Gasteiger partial charge in [0.1, 0.15) is 6.10 Å². The van der Waals surface area contributed by atoms with Crippen LogP contribution >= 0.6 is 0 Å². The van der Waals surface area contributed by atoms with Gasteiger partial charge in [0.05, 0.1) is 18.7 Å². The Morgan fingerprint density at radius 3 is 2.57 bits per heavy atom. The SMILES string of the molecule is O=C(C1CCCCC1)N1CC(Oc2cc(C(F)(F)F)ccn2)C1. The van der Waals surface area contributed by atoms with E-state index in [1.165, 1.54) is 6.42 Å². The molecule has 0 radical (unpaired) electrons. The quantitative estimate of drug-likeness (QED) is 0.855. The number of pyridine rings is 1. The van der Waals surface area contributed by atoms with E-state index in [9.17, 15) is 18.0 Å². The fraction of sp³-hybridized carbons (Fsp3) is 0.625. The Kier molecular flexibility index (Phi) is 4.46. The smallest absolute Gasteiger partial charge is 0.416 e. The molecule has 23 heavy (non-hydrogen) atoms. The zero-order valence-corrected chi connectivity index (χ0v) is 12.7. The number of nitrogens with zero attached hydrogens (tertiary/aromatic N) is 2. The van der Waals surface area contributed by atoms with Crippen molar-refractivity contribution in [2.75, 3.05) is 13.1 Å². The van der Waals surface area contributed by atoms with Crippen LogP contribution in [0.1, 0.15) is 37.7 Å². The van der Waals surface area contributed by atoms with Crippen molar-refractivity contribution in [2.24, 2.45) is 5.92 Å². The summed E-state index contributed by atoms with van der Waals surface area (Å²) < 4.78 is 43.4. The zero-order chi connectivity index (χ0) is 16.4. The largest absolute Gasteiger partial charge is 0.471 e. The molecule has 1 saturated carbocycles. The van der Waals surface area contributed by atoms with Crippen LogP contribution in [0.3, 0.4) is 0 Å². The van der Waals surface area contributed by atoms with Crippen LogP contribution < -0.4 is 4.74 Å². The average molecular weight is 328 g/mol. The molecule has 126 valence electrons. The van der Waals surface area contributed by atoms with Crippen molar-refractivity contribution in [1.29, 1.82) is 0 Å². The second-order valence-corrected chi connectivity index (χ2v) is 6.20. The highest BCUT2D eigenvalue weighted by Crippen LogP contribution is 2.31. The highest BCUT2D eigenvalue weighted by Gasteiger charge is 2.37. The predicted molar refractivity (Wildman–Crippen MR) is 76.8 cm³/mol. The van der Waals surface area contributed by atoms with Crippen LogP contribution in [-0.2, 0) is 11.0 Å². The number of rotatable bonds is 3. The monoisotopic (exact) mass is 328 g/mol. The van der Waals surface area contributed by atoms with Crippen molar-refractivity contribution in [3.63, 3.8) is 0 Å². The molecule has 0 spiro atoms. The van der Waals surface area contributed by atoms with E-state index in [2.05, 4.69) is 4.98 Å². The minimum atomic E-state index is -4.41. The number of ether oxygens (including phenoxy) is 1. The zero-order valence-electron chi connectivity index (χ0n) is 12.7. The van der Waals surface area contributed by atoms with Crippen molar-refractivity contribution in [3.05, 3.63) is 23.9 Å². The average Bonchev–Trinajstić information content (AvgIpc) is 2.50. The molecular formula is C16H19F3N2O2. The van der Waals surface area contributed by atoms with Gasteiger partial charge in [-0.25, -0.2) is 4.98 Å². The third kappa shape index (κ3) is 3.76. The molecule has 1 amide bonds. The summed E-state index contributed by atoms with van der Waals surface area (Å²) in [5.41, 5.74) is -0.781. The third-order valence-corrected chi connectivity index (χ3v) is 4.46. The van der Waals surface area contributed by atoms with E-state index in [0.717, 1.165) is 44.0 Å². The number of aromatic nitrogens is 1. The molecule has 1 aliphatic carbocycles. The third-order valence-electron chi connectivity index (χ3n) is 4.46. The predicted octanol–water partition coefficient (Wildman–Crippen LogP) is 3.27. The molecule has 0 N–H and O–H groups in total. The Hall–Kier alpha value is -1.79. The van der Waals surface area contributed by atoms with Crippen molar-refractivity contribution in [1.82, 2.24) is 9.88 Å². The van der Waals surface area contributed by atoms with Gasteiger partial charge in [0.25, 0.3) is 0 Å². The summed E-state index contributed by atoms with van der Waals surface area (Å²) >= 11 is 0. The molecule has 0 atom stereocenters.